The summed E-state index contributed by atoms with van der Waals surface area (Å²) < 4.78 is 0. The van der Waals surface area contributed by atoms with Crippen molar-refractivity contribution in [1.82, 2.24) is 99.8 Å². The third-order valence-corrected chi connectivity index (χ3v) is 13.3. The zero-order chi connectivity index (χ0) is 52.8. The van der Waals surface area contributed by atoms with Crippen LogP contribution in [-0.2, 0) is 27.9 Å². The minimum Gasteiger partial charge on any atom is -0.356 e. The van der Waals surface area contributed by atoms with Crippen LogP contribution in [0.5, 0.6) is 0 Å². The zero-order valence-corrected chi connectivity index (χ0v) is 45.4. The zero-order valence-electron chi connectivity index (χ0n) is 44.5. The summed E-state index contributed by atoms with van der Waals surface area (Å²) in [4.78, 5) is 50.0. The summed E-state index contributed by atoms with van der Waals surface area (Å²) >= 11 is 0. The van der Waals surface area contributed by atoms with Gasteiger partial charge < -0.3 is 29.9 Å². The third-order valence-electron chi connectivity index (χ3n) is 13.3. The molecule has 1 radical (unpaired) electrons. The molecule has 0 unspecified atom stereocenters. The van der Waals surface area contributed by atoms with Gasteiger partial charge in [-0.1, -0.05) is 132 Å². The third kappa shape index (κ3) is 8.19. The van der Waals surface area contributed by atoms with Gasteiger partial charge in [0.05, 0.1) is 11.6 Å². The Bertz CT molecular complexity index is 4050. The predicted molar refractivity (Wildman–Crippen MR) is 291 cm³/mol. The van der Waals surface area contributed by atoms with Crippen LogP contribution in [0.15, 0.2) is 97.1 Å². The largest absolute Gasteiger partial charge is 2.00 e. The van der Waals surface area contributed by atoms with Gasteiger partial charge in [-0.2, -0.15) is 0 Å². The minimum absolute atomic E-state index is 0. The van der Waals surface area contributed by atoms with E-state index < -0.39 is 21.7 Å². The van der Waals surface area contributed by atoms with Crippen LogP contribution >= 0.6 is 0 Å². The van der Waals surface area contributed by atoms with Crippen molar-refractivity contribution in [2.45, 2.75) is 93.9 Å². The second-order valence-electron chi connectivity index (χ2n) is 23.3. The standard InChI is InChI=1S/C56H52N20.Cu/c1-53(2,3)37-41(73-65-29-21-13-14-22-30(29)66-73)49-57-45(37)61-50-42(74-67-31-23-15-16-24-32(31)68-74)38(54(4,5)6)47(58-50)63-52-44(76-71-35-27-19-20-28-36(35)72-76)40(56(10,11)12)48(60-52)64-51-43(39(55(7,8)9)46(59-51)62-49)75-69-33-25-17-18-26-34(33)70-75;/h13-28H,1-12H3;/q-2;+2. The molecule has 7 aromatic heterocycles. The van der Waals surface area contributed by atoms with Crippen LogP contribution in [0.2, 0.25) is 0 Å². The number of fused-ring (bicyclic) bond motifs is 12. The molecular formula is C56H52CuN20. The Kier molecular flexibility index (Phi) is 11.0. The first kappa shape index (κ1) is 49.2. The van der Waals surface area contributed by atoms with Crippen LogP contribution in [0.4, 0.5) is 0 Å². The molecule has 2 aliphatic rings. The van der Waals surface area contributed by atoms with Crippen molar-refractivity contribution in [3.05, 3.63) is 131 Å². The summed E-state index contributed by atoms with van der Waals surface area (Å²) in [6, 6.07) is 30.9. The number of hydrogen-bond donors (Lipinski definition) is 0. The van der Waals surface area contributed by atoms with Gasteiger partial charge in [-0.15, -0.1) is 60.0 Å². The number of allylic oxidation sites excluding steroid dienone is 2. The first-order valence-electron chi connectivity index (χ1n) is 25.2. The molecule has 77 heavy (non-hydrogen) atoms. The molecule has 0 atom stereocenters. The Morgan fingerprint density at radius 1 is 0.299 bits per heavy atom. The summed E-state index contributed by atoms with van der Waals surface area (Å²) in [6.45, 7) is 25.3. The normalized spacial score (nSPS) is 13.8. The second kappa shape index (κ2) is 17.2. The van der Waals surface area contributed by atoms with E-state index in [2.05, 4.69) is 83.1 Å². The van der Waals surface area contributed by atoms with Gasteiger partial charge in [0.15, 0.2) is 0 Å². The van der Waals surface area contributed by atoms with Gasteiger partial charge in [-0.25, -0.2) is 9.97 Å². The van der Waals surface area contributed by atoms with E-state index in [1.54, 1.807) is 19.2 Å². The van der Waals surface area contributed by atoms with Crippen LogP contribution < -0.4 is 9.97 Å². The number of nitrogens with zero attached hydrogens (tertiary/aromatic N) is 20. The number of benzene rings is 4. The van der Waals surface area contributed by atoms with Gasteiger partial charge >= 0.3 is 17.1 Å². The second-order valence-corrected chi connectivity index (χ2v) is 23.3. The van der Waals surface area contributed by atoms with Crippen LogP contribution in [0.3, 0.4) is 0 Å². The van der Waals surface area contributed by atoms with Crippen molar-refractivity contribution in [3.63, 3.8) is 0 Å². The molecule has 8 bridgehead atoms. The van der Waals surface area contributed by atoms with E-state index in [0.29, 0.717) is 112 Å². The molecule has 20 nitrogen and oxygen atoms in total. The van der Waals surface area contributed by atoms with E-state index in [4.69, 9.17) is 80.7 Å². The Morgan fingerprint density at radius 3 is 0.792 bits per heavy atom. The molecule has 0 saturated heterocycles. The predicted octanol–water partition coefficient (Wildman–Crippen LogP) is 9.63. The summed E-state index contributed by atoms with van der Waals surface area (Å²) in [7, 11) is 0. The van der Waals surface area contributed by atoms with Gasteiger partial charge in [0.25, 0.3) is 0 Å². The molecule has 9 heterocycles. The summed E-state index contributed by atoms with van der Waals surface area (Å²) in [5.74, 6) is 1.22. The van der Waals surface area contributed by atoms with Gasteiger partial charge in [-0.05, 0) is 81.3 Å². The molecule has 0 spiro atoms. The maximum Gasteiger partial charge on any atom is 2.00 e. The smallest absolute Gasteiger partial charge is 0.356 e. The fraction of sp³-hybridized carbons (Fsp3) is 0.286. The monoisotopic (exact) mass is 1070 g/mol. The van der Waals surface area contributed by atoms with Crippen LogP contribution in [0.1, 0.15) is 118 Å². The number of rotatable bonds is 4. The summed E-state index contributed by atoms with van der Waals surface area (Å²) in [5.41, 5.74) is 9.20. The molecule has 13 rings (SSSR count). The SMILES string of the molecule is CC(C)(C)C1=C(n2nc3ccccc3n2)c2nc1nc1[n-]c(nc3nc(nc4[n-]c(n2)c(C(C)(C)C)c4-n2nc4ccccc4n2)C(C(C)(C)C)=C3n2nc3ccccc3n2)c(C(C)(C)C)c1-n1nc2ccccc2n1.[Cu+2]. The van der Waals surface area contributed by atoms with Gasteiger partial charge in [-0.3, -0.25) is 0 Å². The molecule has 2 aliphatic heterocycles. The molecule has 21 heteroatoms. The van der Waals surface area contributed by atoms with E-state index >= 15 is 0 Å². The van der Waals surface area contributed by atoms with Crippen molar-refractivity contribution in [3.8, 4) is 11.4 Å². The van der Waals surface area contributed by atoms with Gasteiger partial charge in [0.1, 0.15) is 78.6 Å². The quantitative estimate of drug-likeness (QED) is 0.149. The molecule has 0 aliphatic carbocycles. The minimum atomic E-state index is -0.631. The van der Waals surface area contributed by atoms with Crippen molar-refractivity contribution < 1.29 is 17.1 Å². The van der Waals surface area contributed by atoms with Crippen molar-refractivity contribution in [2.75, 3.05) is 0 Å². The van der Waals surface area contributed by atoms with Crippen LogP contribution in [0.25, 0.3) is 101 Å². The topological polar surface area (TPSA) is 228 Å². The summed E-state index contributed by atoms with van der Waals surface area (Å²) in [6.07, 6.45) is 0. The van der Waals surface area contributed by atoms with Gasteiger partial charge in [0, 0.05) is 33.7 Å². The fourth-order valence-corrected chi connectivity index (χ4v) is 10.1. The number of hydrogen-bond acceptors (Lipinski definition) is 14. The number of aromatic nitrogens is 20. The van der Waals surface area contributed by atoms with Gasteiger partial charge in [0.2, 0.25) is 0 Å². The Labute approximate surface area is 451 Å². The van der Waals surface area contributed by atoms with Crippen LogP contribution in [-0.4, -0.2) is 89.9 Å². The molecule has 4 aromatic carbocycles. The van der Waals surface area contributed by atoms with E-state index in [-0.39, 0.29) is 40.0 Å². The van der Waals surface area contributed by atoms with E-state index in [9.17, 15) is 0 Å². The first-order chi connectivity index (χ1) is 36.2. The molecule has 0 N–H and O–H groups in total. The first-order valence-corrected chi connectivity index (χ1v) is 25.2. The van der Waals surface area contributed by atoms with Crippen molar-refractivity contribution >= 4 is 89.3 Å². The van der Waals surface area contributed by atoms with Crippen LogP contribution in [0, 0.1) is 10.8 Å². The molecule has 0 amide bonds. The fourth-order valence-electron chi connectivity index (χ4n) is 10.1. The van der Waals surface area contributed by atoms with E-state index in [1.165, 1.54) is 0 Å². The molecule has 387 valence electrons. The average molecular weight is 1070 g/mol. The van der Waals surface area contributed by atoms with Crippen molar-refractivity contribution in [2.24, 2.45) is 10.8 Å². The van der Waals surface area contributed by atoms with Crippen molar-refractivity contribution in [1.29, 1.82) is 0 Å². The maximum atomic E-state index is 5.50. The molecular weight excluding hydrogens is 1020 g/mol. The molecule has 0 saturated carbocycles. The Morgan fingerprint density at radius 2 is 0.545 bits per heavy atom. The summed E-state index contributed by atoms with van der Waals surface area (Å²) in [5, 5.41) is 40.4. The Balaban J connectivity index is 0.00000596. The Hall–Kier alpha value is -8.68. The molecule has 0 fully saturated rings. The van der Waals surface area contributed by atoms with E-state index in [0.717, 1.165) is 0 Å². The average Bonchev–Trinajstić information content (AvgIpc) is 4.23. The van der Waals surface area contributed by atoms with E-state index in [1.807, 2.05) is 97.1 Å². The maximum absolute atomic E-state index is 5.50. The molecule has 11 aromatic rings.